The number of carbonyl (C=O) groups is 1. The predicted molar refractivity (Wildman–Crippen MR) is 81.2 cm³/mol. The van der Waals surface area contributed by atoms with Crippen LogP contribution in [0.25, 0.3) is 0 Å². The highest BCUT2D eigenvalue weighted by Gasteiger charge is 2.35. The number of hydrogen-bond donors (Lipinski definition) is 4. The maximum atomic E-state index is 10.7. The molecule has 128 valence electrons. The van der Waals surface area contributed by atoms with Gasteiger partial charge in [0, 0.05) is 18.8 Å². The van der Waals surface area contributed by atoms with Crippen LogP contribution in [0.5, 0.6) is 0 Å². The number of aliphatic carboxylic acids is 1. The lowest BCUT2D eigenvalue weighted by Crippen LogP contribution is -2.43. The Morgan fingerprint density at radius 1 is 1.36 bits per heavy atom. The van der Waals surface area contributed by atoms with E-state index in [1.54, 1.807) is 12.2 Å². The fourth-order valence-corrected chi connectivity index (χ4v) is 2.71. The fourth-order valence-electron chi connectivity index (χ4n) is 2.71. The van der Waals surface area contributed by atoms with Crippen molar-refractivity contribution >= 4 is 5.97 Å². The Morgan fingerprint density at radius 3 is 2.73 bits per heavy atom. The predicted octanol–water partition coefficient (Wildman–Crippen LogP) is 1.43. The molecule has 6 heteroatoms. The highest BCUT2D eigenvalue weighted by Crippen LogP contribution is 2.29. The summed E-state index contributed by atoms with van der Waals surface area (Å²) in [7, 11) is 0. The van der Waals surface area contributed by atoms with Crippen LogP contribution in [0.1, 0.15) is 51.9 Å². The van der Waals surface area contributed by atoms with Crippen molar-refractivity contribution < 1.29 is 30.0 Å². The highest BCUT2D eigenvalue weighted by molar-refractivity contribution is 5.66. The van der Waals surface area contributed by atoms with Gasteiger partial charge in [0.1, 0.15) is 0 Å². The Hall–Kier alpha value is -0.950. The Balaban J connectivity index is 2.58. The van der Waals surface area contributed by atoms with Gasteiger partial charge in [-0.3, -0.25) is 4.79 Å². The number of unbranched alkanes of at least 4 members (excludes halogenated alkanes) is 2. The van der Waals surface area contributed by atoms with Crippen LogP contribution in [0.15, 0.2) is 12.2 Å². The second kappa shape index (κ2) is 9.94. The smallest absolute Gasteiger partial charge is 0.303 e. The van der Waals surface area contributed by atoms with Crippen LogP contribution >= 0.6 is 0 Å². The Bertz CT molecular complexity index is 357. The third-order valence-corrected chi connectivity index (χ3v) is 3.99. The number of hydrogen-bond acceptors (Lipinski definition) is 5. The van der Waals surface area contributed by atoms with Gasteiger partial charge in [0.2, 0.25) is 0 Å². The van der Waals surface area contributed by atoms with Crippen LogP contribution in [-0.4, -0.2) is 51.0 Å². The van der Waals surface area contributed by atoms with Crippen molar-refractivity contribution in [1.29, 1.82) is 0 Å². The van der Waals surface area contributed by atoms with Crippen molar-refractivity contribution in [2.45, 2.75) is 76.5 Å². The molecule has 1 heterocycles. The van der Waals surface area contributed by atoms with Gasteiger partial charge >= 0.3 is 5.97 Å². The van der Waals surface area contributed by atoms with Crippen LogP contribution in [0.2, 0.25) is 0 Å². The number of aliphatic hydroxyl groups is 3. The van der Waals surface area contributed by atoms with Crippen molar-refractivity contribution in [3.8, 4) is 0 Å². The molecule has 0 spiro atoms. The van der Waals surface area contributed by atoms with Gasteiger partial charge in [-0.15, -0.1) is 0 Å². The molecule has 0 saturated carbocycles. The summed E-state index contributed by atoms with van der Waals surface area (Å²) in [6.07, 6.45) is 4.20. The lowest BCUT2D eigenvalue weighted by atomic mass is 9.86. The summed E-state index contributed by atoms with van der Waals surface area (Å²) in [5.41, 5.74) is 0. The van der Waals surface area contributed by atoms with E-state index in [1.807, 2.05) is 0 Å². The van der Waals surface area contributed by atoms with E-state index in [0.717, 1.165) is 19.3 Å². The van der Waals surface area contributed by atoms with Gasteiger partial charge in [0.15, 0.2) is 6.29 Å². The molecule has 4 N–H and O–H groups in total. The second-order valence-corrected chi connectivity index (χ2v) is 5.90. The number of carboxylic acids is 1. The highest BCUT2D eigenvalue weighted by atomic mass is 16.6. The summed E-state index contributed by atoms with van der Waals surface area (Å²) in [5, 5.41) is 38.3. The molecule has 1 saturated heterocycles. The first-order valence-corrected chi connectivity index (χ1v) is 8.03. The zero-order chi connectivity index (χ0) is 16.5. The molecular formula is C16H28O6. The SMILES string of the molecule is CCCCC[C@H](O)/C=C/[C@@H]1O[C@H](O)C[C@H](O)[C@@H]1CCC(=O)O. The van der Waals surface area contributed by atoms with Gasteiger partial charge in [-0.1, -0.05) is 38.3 Å². The third-order valence-electron chi connectivity index (χ3n) is 3.99. The molecule has 0 aliphatic carbocycles. The van der Waals surface area contributed by atoms with Crippen molar-refractivity contribution in [1.82, 2.24) is 0 Å². The minimum absolute atomic E-state index is 0.0649. The summed E-state index contributed by atoms with van der Waals surface area (Å²) >= 11 is 0. The molecule has 0 aromatic carbocycles. The van der Waals surface area contributed by atoms with Gasteiger partial charge in [-0.25, -0.2) is 0 Å². The van der Waals surface area contributed by atoms with E-state index >= 15 is 0 Å². The van der Waals surface area contributed by atoms with Crippen LogP contribution in [-0.2, 0) is 9.53 Å². The molecule has 1 aliphatic rings. The van der Waals surface area contributed by atoms with Gasteiger partial charge in [0.25, 0.3) is 0 Å². The summed E-state index contributed by atoms with van der Waals surface area (Å²) in [6.45, 7) is 2.09. The van der Waals surface area contributed by atoms with E-state index in [9.17, 15) is 20.1 Å². The average molecular weight is 316 g/mol. The number of carboxylic acid groups (broad SMARTS) is 1. The molecule has 5 atom stereocenters. The fraction of sp³-hybridized carbons (Fsp3) is 0.812. The van der Waals surface area contributed by atoms with E-state index in [4.69, 9.17) is 9.84 Å². The summed E-state index contributed by atoms with van der Waals surface area (Å²) in [6, 6.07) is 0. The van der Waals surface area contributed by atoms with Gasteiger partial charge in [0.05, 0.1) is 18.3 Å². The van der Waals surface area contributed by atoms with Crippen LogP contribution in [0, 0.1) is 5.92 Å². The average Bonchev–Trinajstić information content (AvgIpc) is 2.43. The van der Waals surface area contributed by atoms with E-state index < -0.39 is 36.5 Å². The Labute approximate surface area is 131 Å². The molecule has 0 amide bonds. The lowest BCUT2D eigenvalue weighted by Gasteiger charge is -2.36. The molecule has 1 fully saturated rings. The quantitative estimate of drug-likeness (QED) is 0.379. The van der Waals surface area contributed by atoms with Crippen molar-refractivity contribution in [2.75, 3.05) is 0 Å². The monoisotopic (exact) mass is 316 g/mol. The van der Waals surface area contributed by atoms with E-state index in [0.29, 0.717) is 6.42 Å². The van der Waals surface area contributed by atoms with Crippen molar-refractivity contribution in [3.05, 3.63) is 12.2 Å². The van der Waals surface area contributed by atoms with Crippen LogP contribution in [0.4, 0.5) is 0 Å². The normalized spacial score (nSPS) is 30.5. The minimum atomic E-state index is -1.07. The zero-order valence-corrected chi connectivity index (χ0v) is 13.1. The molecule has 0 unspecified atom stereocenters. The molecular weight excluding hydrogens is 288 g/mol. The molecule has 6 nitrogen and oxygen atoms in total. The Kier molecular flexibility index (Phi) is 8.63. The first kappa shape index (κ1) is 19.1. The molecule has 1 rings (SSSR count). The van der Waals surface area contributed by atoms with Crippen LogP contribution < -0.4 is 0 Å². The third kappa shape index (κ3) is 6.87. The van der Waals surface area contributed by atoms with Gasteiger partial charge in [-0.05, 0) is 12.8 Å². The van der Waals surface area contributed by atoms with Gasteiger partial charge in [-0.2, -0.15) is 0 Å². The summed E-state index contributed by atoms with van der Waals surface area (Å²) in [5.74, 6) is -1.32. The van der Waals surface area contributed by atoms with Crippen LogP contribution in [0.3, 0.4) is 0 Å². The van der Waals surface area contributed by atoms with Gasteiger partial charge < -0.3 is 25.2 Å². The number of ether oxygens (including phenoxy) is 1. The number of aliphatic hydroxyl groups excluding tert-OH is 3. The molecule has 0 bridgehead atoms. The lowest BCUT2D eigenvalue weighted by molar-refractivity contribution is -0.201. The zero-order valence-electron chi connectivity index (χ0n) is 13.1. The first-order chi connectivity index (χ1) is 10.4. The molecule has 0 aromatic rings. The maximum absolute atomic E-state index is 10.7. The topological polar surface area (TPSA) is 107 Å². The van der Waals surface area contributed by atoms with E-state index in [1.165, 1.54) is 0 Å². The molecule has 22 heavy (non-hydrogen) atoms. The van der Waals surface area contributed by atoms with E-state index in [-0.39, 0.29) is 19.3 Å². The maximum Gasteiger partial charge on any atom is 0.303 e. The summed E-state index contributed by atoms with van der Waals surface area (Å²) in [4.78, 5) is 10.7. The number of rotatable bonds is 9. The largest absolute Gasteiger partial charge is 0.481 e. The van der Waals surface area contributed by atoms with Crippen molar-refractivity contribution in [3.63, 3.8) is 0 Å². The Morgan fingerprint density at radius 2 is 2.09 bits per heavy atom. The standard InChI is InChI=1S/C16H28O6/c1-2-3-4-5-11(17)6-8-14-12(7-9-15(19)20)13(18)10-16(21)22-14/h6,8,11-14,16-18,21H,2-5,7,9-10H2,1H3,(H,19,20)/b8-6+/t11-,12-,13-,14-,16-/m0/s1. The summed E-state index contributed by atoms with van der Waals surface area (Å²) < 4.78 is 5.38. The first-order valence-electron chi connectivity index (χ1n) is 8.03. The van der Waals surface area contributed by atoms with Crippen molar-refractivity contribution in [2.24, 2.45) is 5.92 Å². The molecule has 0 aromatic heterocycles. The van der Waals surface area contributed by atoms with E-state index in [2.05, 4.69) is 6.92 Å². The molecule has 0 radical (unpaired) electrons. The molecule has 1 aliphatic heterocycles. The second-order valence-electron chi connectivity index (χ2n) is 5.90. The minimum Gasteiger partial charge on any atom is -0.481 e.